The first kappa shape index (κ1) is 40.5. The molecule has 272 valence electrons. The Morgan fingerprint density at radius 2 is 1.60 bits per heavy atom. The lowest BCUT2D eigenvalue weighted by molar-refractivity contribution is -0.120. The molecule has 2 fully saturated rings. The van der Waals surface area contributed by atoms with Crippen molar-refractivity contribution in [3.05, 3.63) is 11.8 Å². The van der Waals surface area contributed by atoms with E-state index >= 15 is 0 Å². The van der Waals surface area contributed by atoms with Crippen molar-refractivity contribution in [3.8, 4) is 6.07 Å². The number of alkyl halides is 2. The zero-order chi connectivity index (χ0) is 35.9. The van der Waals surface area contributed by atoms with Gasteiger partial charge in [-0.2, -0.15) is 32.3 Å². The standard InChI is InChI=1S/C26H42Cl2N8O9S3/c1-17(37)32-24-12-19(35(8-2-4-10-46(38,39)40)9-3-5-11-47(41,42)43)6-7-23(24)33-34-26-18(15-29)16-31-36(26)25-21(27)13-20(14-22(25)28)48(30,44)45/h16,19-25H,2-14H2,1H3,(H,32,37)(H2,30,44,45)(H,38,39,40)(H,41,42,43). The zero-order valence-electron chi connectivity index (χ0n) is 26.3. The summed E-state index contributed by atoms with van der Waals surface area (Å²) in [6.07, 6.45) is 4.09. The third kappa shape index (κ3) is 12.4. The molecule has 2 aliphatic rings. The van der Waals surface area contributed by atoms with Crippen molar-refractivity contribution >= 4 is 65.2 Å². The summed E-state index contributed by atoms with van der Waals surface area (Å²) in [7, 11) is -12.1. The molecule has 17 nitrogen and oxygen atoms in total. The van der Waals surface area contributed by atoms with Crippen LogP contribution in [0.15, 0.2) is 16.4 Å². The van der Waals surface area contributed by atoms with E-state index in [1.54, 1.807) is 0 Å². The zero-order valence-corrected chi connectivity index (χ0v) is 30.3. The number of halogens is 2. The highest BCUT2D eigenvalue weighted by Crippen LogP contribution is 2.41. The molecule has 22 heteroatoms. The predicted molar refractivity (Wildman–Crippen MR) is 178 cm³/mol. The van der Waals surface area contributed by atoms with E-state index in [2.05, 4.69) is 25.5 Å². The van der Waals surface area contributed by atoms with Crippen molar-refractivity contribution in [1.29, 1.82) is 5.26 Å². The molecule has 1 aromatic rings. The van der Waals surface area contributed by atoms with E-state index in [0.717, 1.165) is 0 Å². The molecule has 5 unspecified atom stereocenters. The minimum atomic E-state index is -4.12. The summed E-state index contributed by atoms with van der Waals surface area (Å²) in [6.45, 7) is 2.26. The molecule has 3 rings (SSSR count). The number of nitrogens with one attached hydrogen (secondary N) is 1. The SMILES string of the molecule is CC(=O)NC1CC(N(CCCCS(=O)(=O)O)CCCCS(=O)(=O)O)CCC1N=Nc1c(C#N)cnn1C1C(Cl)CC(S(N)(=O)=O)CC1Cl. The van der Waals surface area contributed by atoms with Crippen molar-refractivity contribution in [2.24, 2.45) is 15.4 Å². The molecule has 0 aliphatic heterocycles. The Hall–Kier alpha value is -1.96. The normalized spacial score (nSPS) is 27.2. The summed E-state index contributed by atoms with van der Waals surface area (Å²) >= 11 is 13.2. The lowest BCUT2D eigenvalue weighted by Gasteiger charge is -2.40. The van der Waals surface area contributed by atoms with Crippen LogP contribution in [0.5, 0.6) is 0 Å². The lowest BCUT2D eigenvalue weighted by Crippen LogP contribution is -2.51. The maximum atomic E-state index is 12.2. The molecule has 5 N–H and O–H groups in total. The van der Waals surface area contributed by atoms with Crippen LogP contribution in [0.25, 0.3) is 0 Å². The summed E-state index contributed by atoms with van der Waals surface area (Å²) in [4.78, 5) is 14.3. The quantitative estimate of drug-likeness (QED) is 0.0814. The molecule has 2 saturated carbocycles. The van der Waals surface area contributed by atoms with Gasteiger partial charge >= 0.3 is 0 Å². The van der Waals surface area contributed by atoms with Gasteiger partial charge in [0, 0.05) is 13.0 Å². The van der Waals surface area contributed by atoms with Gasteiger partial charge in [-0.25, -0.2) is 18.2 Å². The fraction of sp³-hybridized carbons (Fsp3) is 0.808. The second-order valence-corrected chi connectivity index (χ2v) is 18.3. The minimum Gasteiger partial charge on any atom is -0.351 e. The van der Waals surface area contributed by atoms with Crippen LogP contribution in [0, 0.1) is 11.3 Å². The molecule has 1 aromatic heterocycles. The first-order chi connectivity index (χ1) is 22.3. The van der Waals surface area contributed by atoms with Crippen molar-refractivity contribution in [3.63, 3.8) is 0 Å². The molecule has 0 aromatic carbocycles. The fourth-order valence-corrected chi connectivity index (χ4v) is 9.62. The summed E-state index contributed by atoms with van der Waals surface area (Å²) < 4.78 is 88.2. The van der Waals surface area contributed by atoms with Crippen LogP contribution in [0.1, 0.15) is 76.3 Å². The van der Waals surface area contributed by atoms with E-state index in [4.69, 9.17) is 37.4 Å². The molecular formula is C26H42Cl2N8O9S3. The number of aromatic nitrogens is 2. The van der Waals surface area contributed by atoms with Crippen LogP contribution >= 0.6 is 23.2 Å². The number of rotatable bonds is 16. The number of nitrogens with zero attached hydrogens (tertiary/aromatic N) is 6. The van der Waals surface area contributed by atoms with Crippen LogP contribution in [-0.2, 0) is 35.1 Å². The Morgan fingerprint density at radius 3 is 2.08 bits per heavy atom. The topological polar surface area (TPSA) is 268 Å². The maximum Gasteiger partial charge on any atom is 0.264 e. The highest BCUT2D eigenvalue weighted by molar-refractivity contribution is 7.89. The summed E-state index contributed by atoms with van der Waals surface area (Å²) in [5.41, 5.74) is 0.0887. The number of primary sulfonamides is 1. The van der Waals surface area contributed by atoms with Crippen molar-refractivity contribution in [1.82, 2.24) is 20.0 Å². The first-order valence-electron chi connectivity index (χ1n) is 15.4. The Morgan fingerprint density at radius 1 is 1.04 bits per heavy atom. The number of nitriles is 1. The Bertz CT molecular complexity index is 1620. The van der Waals surface area contributed by atoms with E-state index in [1.165, 1.54) is 17.8 Å². The summed E-state index contributed by atoms with van der Waals surface area (Å²) in [6, 6.07) is 0.184. The van der Waals surface area contributed by atoms with Gasteiger partial charge in [-0.3, -0.25) is 13.9 Å². The smallest absolute Gasteiger partial charge is 0.264 e. The van der Waals surface area contributed by atoms with Gasteiger partial charge in [0.05, 0.1) is 51.8 Å². The van der Waals surface area contributed by atoms with Crippen LogP contribution in [0.2, 0.25) is 0 Å². The van der Waals surface area contributed by atoms with E-state index in [-0.39, 0.29) is 49.0 Å². The summed E-state index contributed by atoms with van der Waals surface area (Å²) in [5, 5.41) is 28.7. The van der Waals surface area contributed by atoms with Crippen molar-refractivity contribution < 1.29 is 39.2 Å². The minimum absolute atomic E-state index is 0.0172. The monoisotopic (exact) mass is 776 g/mol. The molecule has 0 spiro atoms. The molecule has 5 atom stereocenters. The van der Waals surface area contributed by atoms with Crippen molar-refractivity contribution in [2.75, 3.05) is 24.6 Å². The van der Waals surface area contributed by atoms with Crippen LogP contribution in [0.4, 0.5) is 5.82 Å². The van der Waals surface area contributed by atoms with Gasteiger partial charge in [0.1, 0.15) is 11.6 Å². The van der Waals surface area contributed by atoms with Gasteiger partial charge in [0.15, 0.2) is 5.82 Å². The van der Waals surface area contributed by atoms with Gasteiger partial charge in [-0.1, -0.05) is 0 Å². The number of amides is 1. The number of carbonyl (C=O) groups excluding carboxylic acids is 1. The van der Waals surface area contributed by atoms with Crippen LogP contribution in [-0.4, -0.2) is 114 Å². The molecule has 2 aliphatic carbocycles. The third-order valence-electron chi connectivity index (χ3n) is 8.54. The van der Waals surface area contributed by atoms with Gasteiger partial charge in [0.25, 0.3) is 20.2 Å². The molecule has 0 radical (unpaired) electrons. The van der Waals surface area contributed by atoms with E-state index < -0.39 is 75.9 Å². The second-order valence-electron chi connectivity index (χ2n) is 12.2. The first-order valence-corrected chi connectivity index (χ1v) is 21.1. The van der Waals surface area contributed by atoms with E-state index in [0.29, 0.717) is 45.2 Å². The van der Waals surface area contributed by atoms with Gasteiger partial charge in [0.2, 0.25) is 15.9 Å². The molecule has 0 bridgehead atoms. The van der Waals surface area contributed by atoms with Crippen LogP contribution in [0.3, 0.4) is 0 Å². The fourth-order valence-electron chi connectivity index (χ4n) is 6.25. The number of hydrogen-bond acceptors (Lipinski definition) is 12. The number of unbranched alkanes of at least 4 members (excludes halogenated alkanes) is 2. The van der Waals surface area contributed by atoms with Gasteiger partial charge < -0.3 is 10.2 Å². The van der Waals surface area contributed by atoms with Gasteiger partial charge in [-0.05, 0) is 70.9 Å². The second kappa shape index (κ2) is 17.3. The molecular weight excluding hydrogens is 735 g/mol. The average Bonchev–Trinajstić information content (AvgIpc) is 3.35. The highest BCUT2D eigenvalue weighted by Gasteiger charge is 2.43. The Kier molecular flexibility index (Phi) is 14.6. The molecule has 1 heterocycles. The largest absolute Gasteiger partial charge is 0.351 e. The number of hydrogen-bond donors (Lipinski definition) is 4. The summed E-state index contributed by atoms with van der Waals surface area (Å²) in [5.74, 6) is -1.02. The highest BCUT2D eigenvalue weighted by atomic mass is 35.5. The Labute approximate surface area is 291 Å². The predicted octanol–water partition coefficient (Wildman–Crippen LogP) is 2.11. The van der Waals surface area contributed by atoms with E-state index in [1.807, 2.05) is 6.07 Å². The van der Waals surface area contributed by atoms with Crippen molar-refractivity contribution in [2.45, 2.75) is 105 Å². The average molecular weight is 778 g/mol. The molecule has 1 amide bonds. The number of azo groups is 1. The Balaban J connectivity index is 1.80. The third-order valence-corrected chi connectivity index (χ3v) is 12.3. The molecule has 0 saturated heterocycles. The van der Waals surface area contributed by atoms with E-state index in [9.17, 15) is 35.3 Å². The van der Waals surface area contributed by atoms with Crippen LogP contribution < -0.4 is 10.5 Å². The number of sulfonamides is 1. The number of carbonyl (C=O) groups is 1. The van der Waals surface area contributed by atoms with Gasteiger partial charge in [-0.15, -0.1) is 28.3 Å². The molecule has 48 heavy (non-hydrogen) atoms. The maximum absolute atomic E-state index is 12.2. The number of nitrogens with two attached hydrogens (primary N) is 1. The lowest BCUT2D eigenvalue weighted by atomic mass is 9.86.